The summed E-state index contributed by atoms with van der Waals surface area (Å²) in [5, 5.41) is 0. The third-order valence-corrected chi connectivity index (χ3v) is 3.20. The van der Waals surface area contributed by atoms with Crippen LogP contribution < -0.4 is 0 Å². The normalized spacial score (nSPS) is 11.3. The topological polar surface area (TPSA) is 20.3 Å². The summed E-state index contributed by atoms with van der Waals surface area (Å²) in [6.07, 6.45) is 2.25. The fraction of sp³-hybridized carbons (Fsp3) is 0.500. The van der Waals surface area contributed by atoms with Gasteiger partial charge >= 0.3 is 0 Å². The minimum Gasteiger partial charge on any atom is -0.274 e. The summed E-state index contributed by atoms with van der Waals surface area (Å²) in [5.74, 6) is -0.00454. The molecule has 0 aromatic heterocycles. The Bertz CT molecular complexity index is 356. The molecule has 0 aliphatic rings. The van der Waals surface area contributed by atoms with Crippen LogP contribution >= 0.6 is 11.8 Å². The highest BCUT2D eigenvalue weighted by molar-refractivity contribution is 6.21. The van der Waals surface area contributed by atoms with Gasteiger partial charge in [0.1, 0.15) is 0 Å². The number of nitrogens with zero attached hydrogens (tertiary/aromatic N) is 1. The first-order chi connectivity index (χ1) is 7.91. The number of benzene rings is 1. The first-order valence-electron chi connectivity index (χ1n) is 5.94. The van der Waals surface area contributed by atoms with Crippen LogP contribution in [-0.2, 0) is 11.2 Å². The number of carbonyl (C=O) groups is 1. The summed E-state index contributed by atoms with van der Waals surface area (Å²) in [6.45, 7) is 5.78. The number of hydrogen-bond acceptors (Lipinski definition) is 1. The van der Waals surface area contributed by atoms with Gasteiger partial charge in [-0.15, -0.1) is 0 Å². The molecular formula is C14H20ClNO. The van der Waals surface area contributed by atoms with Crippen molar-refractivity contribution in [2.75, 3.05) is 0 Å². The minimum absolute atomic E-state index is 0.00454. The Balaban J connectivity index is 2.35. The summed E-state index contributed by atoms with van der Waals surface area (Å²) in [5.41, 5.74) is 0.947. The van der Waals surface area contributed by atoms with E-state index in [4.69, 9.17) is 11.8 Å². The second kappa shape index (κ2) is 6.06. The second-order valence-corrected chi connectivity index (χ2v) is 5.52. The average Bonchev–Trinajstić information content (AvgIpc) is 2.28. The fourth-order valence-electron chi connectivity index (χ4n) is 1.56. The summed E-state index contributed by atoms with van der Waals surface area (Å²) in [7, 11) is 0. The van der Waals surface area contributed by atoms with Crippen LogP contribution in [-0.4, -0.2) is 15.9 Å². The third kappa shape index (κ3) is 4.78. The van der Waals surface area contributed by atoms with Crippen LogP contribution in [0.5, 0.6) is 0 Å². The van der Waals surface area contributed by atoms with E-state index in [0.29, 0.717) is 6.42 Å². The third-order valence-electron chi connectivity index (χ3n) is 2.51. The van der Waals surface area contributed by atoms with Crippen molar-refractivity contribution in [1.29, 1.82) is 0 Å². The summed E-state index contributed by atoms with van der Waals surface area (Å²) >= 11 is 5.97. The van der Waals surface area contributed by atoms with Gasteiger partial charge in [0.05, 0.1) is 5.54 Å². The monoisotopic (exact) mass is 253 g/mol. The average molecular weight is 254 g/mol. The molecule has 0 aliphatic carbocycles. The van der Waals surface area contributed by atoms with E-state index >= 15 is 0 Å². The quantitative estimate of drug-likeness (QED) is 0.748. The molecule has 0 saturated heterocycles. The number of carbonyl (C=O) groups excluding carboxylic acids is 1. The van der Waals surface area contributed by atoms with E-state index in [-0.39, 0.29) is 11.4 Å². The molecule has 0 spiro atoms. The lowest BCUT2D eigenvalue weighted by molar-refractivity contribution is -0.129. The zero-order valence-electron chi connectivity index (χ0n) is 10.7. The zero-order valence-corrected chi connectivity index (χ0v) is 11.5. The van der Waals surface area contributed by atoms with Crippen molar-refractivity contribution in [3.05, 3.63) is 35.9 Å². The molecule has 0 N–H and O–H groups in total. The predicted octanol–water partition coefficient (Wildman–Crippen LogP) is 3.79. The molecule has 0 unspecified atom stereocenters. The van der Waals surface area contributed by atoms with Crippen LogP contribution in [0.2, 0.25) is 0 Å². The highest BCUT2D eigenvalue weighted by Gasteiger charge is 2.24. The molecule has 94 valence electrons. The maximum Gasteiger partial charge on any atom is 0.237 e. The van der Waals surface area contributed by atoms with E-state index < -0.39 is 0 Å². The van der Waals surface area contributed by atoms with Crippen LogP contribution in [0.15, 0.2) is 30.3 Å². The molecule has 0 aliphatic heterocycles. The van der Waals surface area contributed by atoms with Crippen LogP contribution in [0.1, 0.15) is 39.2 Å². The van der Waals surface area contributed by atoms with Crippen molar-refractivity contribution >= 4 is 17.7 Å². The molecular weight excluding hydrogens is 234 g/mol. The van der Waals surface area contributed by atoms with E-state index in [9.17, 15) is 4.79 Å². The van der Waals surface area contributed by atoms with Crippen LogP contribution in [0.3, 0.4) is 0 Å². The van der Waals surface area contributed by atoms with Gasteiger partial charge in [-0.2, -0.15) is 0 Å². The number of halogens is 1. The van der Waals surface area contributed by atoms with Gasteiger partial charge in [0.25, 0.3) is 0 Å². The second-order valence-electron chi connectivity index (χ2n) is 5.18. The van der Waals surface area contributed by atoms with Crippen molar-refractivity contribution in [1.82, 2.24) is 4.42 Å². The van der Waals surface area contributed by atoms with Crippen molar-refractivity contribution in [3.63, 3.8) is 0 Å². The lowest BCUT2D eigenvalue weighted by atomic mass is 10.1. The SMILES string of the molecule is CC(C)(C)N(Cl)C(=O)CCCc1ccccc1. The van der Waals surface area contributed by atoms with Crippen LogP contribution in [0, 0.1) is 0 Å². The Morgan fingerprint density at radius 1 is 1.24 bits per heavy atom. The van der Waals surface area contributed by atoms with E-state index in [1.807, 2.05) is 39.0 Å². The molecule has 17 heavy (non-hydrogen) atoms. The molecule has 3 heteroatoms. The summed E-state index contributed by atoms with van der Waals surface area (Å²) in [4.78, 5) is 11.8. The van der Waals surface area contributed by atoms with Gasteiger partial charge in [-0.25, -0.2) is 4.42 Å². The molecule has 2 nitrogen and oxygen atoms in total. The Labute approximate surface area is 109 Å². The molecule has 0 atom stereocenters. The predicted molar refractivity (Wildman–Crippen MR) is 71.8 cm³/mol. The number of aryl methyl sites for hydroxylation is 1. The van der Waals surface area contributed by atoms with Crippen molar-refractivity contribution in [2.45, 2.75) is 45.6 Å². The Hall–Kier alpha value is -1.02. The number of amides is 1. The van der Waals surface area contributed by atoms with E-state index in [1.165, 1.54) is 9.98 Å². The summed E-state index contributed by atoms with van der Waals surface area (Å²) in [6, 6.07) is 10.2. The van der Waals surface area contributed by atoms with Crippen LogP contribution in [0.25, 0.3) is 0 Å². The van der Waals surface area contributed by atoms with Gasteiger partial charge in [0.15, 0.2) is 0 Å². The largest absolute Gasteiger partial charge is 0.274 e. The molecule has 0 saturated carbocycles. The van der Waals surface area contributed by atoms with Crippen molar-refractivity contribution < 1.29 is 4.79 Å². The van der Waals surface area contributed by atoms with Gasteiger partial charge in [-0.1, -0.05) is 30.3 Å². The van der Waals surface area contributed by atoms with Gasteiger partial charge < -0.3 is 0 Å². The Morgan fingerprint density at radius 2 is 1.82 bits per heavy atom. The standard InChI is InChI=1S/C14H20ClNO/c1-14(2,3)16(15)13(17)11-7-10-12-8-5-4-6-9-12/h4-6,8-9H,7,10-11H2,1-3H3. The summed E-state index contributed by atoms with van der Waals surface area (Å²) < 4.78 is 1.30. The Kier molecular flexibility index (Phi) is 5.01. The number of hydrogen-bond donors (Lipinski definition) is 0. The molecule has 0 bridgehead atoms. The lowest BCUT2D eigenvalue weighted by Gasteiger charge is -2.28. The first-order valence-corrected chi connectivity index (χ1v) is 6.28. The molecule has 0 radical (unpaired) electrons. The van der Waals surface area contributed by atoms with Gasteiger partial charge in [-0.3, -0.25) is 4.79 Å². The molecule has 1 rings (SSSR count). The van der Waals surface area contributed by atoms with E-state index in [0.717, 1.165) is 12.8 Å². The molecule has 1 amide bonds. The Morgan fingerprint density at radius 3 is 2.35 bits per heavy atom. The minimum atomic E-state index is -0.314. The van der Waals surface area contributed by atoms with Crippen molar-refractivity contribution in [3.8, 4) is 0 Å². The van der Waals surface area contributed by atoms with Gasteiger partial charge in [0.2, 0.25) is 5.91 Å². The van der Waals surface area contributed by atoms with E-state index in [2.05, 4.69) is 12.1 Å². The first kappa shape index (κ1) is 14.0. The molecule has 1 aromatic rings. The molecule has 0 fully saturated rings. The zero-order chi connectivity index (χ0) is 12.9. The highest BCUT2D eigenvalue weighted by atomic mass is 35.5. The fourth-order valence-corrected chi connectivity index (χ4v) is 1.65. The van der Waals surface area contributed by atoms with Gasteiger partial charge in [0, 0.05) is 18.2 Å². The number of rotatable bonds is 4. The highest BCUT2D eigenvalue weighted by Crippen LogP contribution is 2.18. The van der Waals surface area contributed by atoms with E-state index in [1.54, 1.807) is 0 Å². The van der Waals surface area contributed by atoms with Gasteiger partial charge in [-0.05, 0) is 39.2 Å². The molecule has 0 heterocycles. The molecule has 1 aromatic carbocycles. The smallest absolute Gasteiger partial charge is 0.237 e. The maximum absolute atomic E-state index is 11.8. The lowest BCUT2D eigenvalue weighted by Crippen LogP contribution is -2.38. The maximum atomic E-state index is 11.8. The van der Waals surface area contributed by atoms with Crippen LogP contribution in [0.4, 0.5) is 0 Å². The van der Waals surface area contributed by atoms with Crippen molar-refractivity contribution in [2.24, 2.45) is 0 Å².